The Morgan fingerprint density at radius 2 is 1.71 bits per heavy atom. The van der Waals surface area contributed by atoms with Gasteiger partial charge in [0.25, 0.3) is 0 Å². The molecule has 0 radical (unpaired) electrons. The molecule has 0 spiro atoms. The second-order valence-electron chi connectivity index (χ2n) is 8.42. The van der Waals surface area contributed by atoms with Gasteiger partial charge in [-0.05, 0) is 72.6 Å². The molecule has 5 heteroatoms. The van der Waals surface area contributed by atoms with E-state index in [2.05, 4.69) is 42.5 Å². The molecule has 3 aromatic carbocycles. The van der Waals surface area contributed by atoms with Crippen LogP contribution < -0.4 is 5.73 Å². The average molecular weight is 456 g/mol. The lowest BCUT2D eigenvalue weighted by molar-refractivity contribution is 0.467. The van der Waals surface area contributed by atoms with Gasteiger partial charge in [-0.15, -0.1) is 12.4 Å². The van der Waals surface area contributed by atoms with Crippen LogP contribution >= 0.6 is 12.4 Å². The highest BCUT2D eigenvalue weighted by Crippen LogP contribution is 2.34. The van der Waals surface area contributed by atoms with E-state index < -0.39 is 9.84 Å². The zero-order valence-corrected chi connectivity index (χ0v) is 19.5. The third-order valence-electron chi connectivity index (χ3n) is 6.18. The molecular formula is C26H30ClNO2S. The van der Waals surface area contributed by atoms with E-state index >= 15 is 0 Å². The summed E-state index contributed by atoms with van der Waals surface area (Å²) < 4.78 is 25.6. The topological polar surface area (TPSA) is 60.2 Å². The number of hydrogen-bond donors (Lipinski definition) is 1. The van der Waals surface area contributed by atoms with Crippen molar-refractivity contribution in [2.24, 2.45) is 5.73 Å². The molecule has 1 aliphatic rings. The summed E-state index contributed by atoms with van der Waals surface area (Å²) in [5.74, 6) is 0.384. The SMILES string of the molecule is Cc1cccc(S(=O)(=O)CCc2ccc3c(c2)C(Cc2ccccc2)C(N)CC3)c1.Cl. The van der Waals surface area contributed by atoms with Crippen molar-refractivity contribution in [3.63, 3.8) is 0 Å². The first-order valence-corrected chi connectivity index (χ1v) is 12.3. The number of benzene rings is 3. The maximum absolute atomic E-state index is 12.8. The van der Waals surface area contributed by atoms with Crippen molar-refractivity contribution in [2.75, 3.05) is 5.75 Å². The molecule has 0 aromatic heterocycles. The maximum atomic E-state index is 12.8. The molecule has 2 unspecified atom stereocenters. The van der Waals surface area contributed by atoms with E-state index in [0.29, 0.717) is 11.3 Å². The van der Waals surface area contributed by atoms with Gasteiger partial charge in [0.1, 0.15) is 0 Å². The summed E-state index contributed by atoms with van der Waals surface area (Å²) in [6, 6.07) is 24.2. The van der Waals surface area contributed by atoms with E-state index in [9.17, 15) is 8.42 Å². The van der Waals surface area contributed by atoms with Crippen LogP contribution in [0.2, 0.25) is 0 Å². The van der Waals surface area contributed by atoms with Gasteiger partial charge in [-0.2, -0.15) is 0 Å². The van der Waals surface area contributed by atoms with Gasteiger partial charge >= 0.3 is 0 Å². The van der Waals surface area contributed by atoms with Crippen LogP contribution in [0.1, 0.15) is 40.2 Å². The van der Waals surface area contributed by atoms with Crippen molar-refractivity contribution in [1.82, 2.24) is 0 Å². The molecule has 164 valence electrons. The summed E-state index contributed by atoms with van der Waals surface area (Å²) in [5.41, 5.74) is 12.5. The standard InChI is InChI=1S/C26H29NO2S.ClH/c1-19-6-5-9-23(16-19)30(28,29)15-14-21-10-11-22-12-13-26(27)25(24(22)17-21)18-20-7-3-2-4-8-20;/h2-11,16-17,25-26H,12-15,18,27H2,1H3;1H. The summed E-state index contributed by atoms with van der Waals surface area (Å²) in [4.78, 5) is 0.407. The summed E-state index contributed by atoms with van der Waals surface area (Å²) in [6.07, 6.45) is 3.41. The highest BCUT2D eigenvalue weighted by Gasteiger charge is 2.27. The van der Waals surface area contributed by atoms with E-state index in [-0.39, 0.29) is 30.1 Å². The maximum Gasteiger partial charge on any atom is 0.178 e. The summed E-state index contributed by atoms with van der Waals surface area (Å²) >= 11 is 0. The van der Waals surface area contributed by atoms with Crippen LogP contribution in [0.5, 0.6) is 0 Å². The van der Waals surface area contributed by atoms with Crippen LogP contribution in [0, 0.1) is 6.92 Å². The summed E-state index contributed by atoms with van der Waals surface area (Å²) in [6.45, 7) is 1.92. The van der Waals surface area contributed by atoms with E-state index in [1.807, 2.05) is 19.1 Å². The molecule has 0 amide bonds. The molecule has 2 atom stereocenters. The monoisotopic (exact) mass is 455 g/mol. The van der Waals surface area contributed by atoms with E-state index in [1.165, 1.54) is 16.7 Å². The van der Waals surface area contributed by atoms with Crippen LogP contribution in [0.3, 0.4) is 0 Å². The molecule has 0 saturated heterocycles. The minimum Gasteiger partial charge on any atom is -0.327 e. The van der Waals surface area contributed by atoms with E-state index in [1.54, 1.807) is 18.2 Å². The molecule has 0 fully saturated rings. The fourth-order valence-electron chi connectivity index (χ4n) is 4.43. The van der Waals surface area contributed by atoms with Crippen LogP contribution in [0.25, 0.3) is 0 Å². The van der Waals surface area contributed by atoms with Crippen molar-refractivity contribution >= 4 is 22.2 Å². The van der Waals surface area contributed by atoms with Crippen LogP contribution in [0.4, 0.5) is 0 Å². The molecule has 3 aromatic rings. The number of fused-ring (bicyclic) bond motifs is 1. The lowest BCUT2D eigenvalue weighted by atomic mass is 9.76. The molecule has 2 N–H and O–H groups in total. The Bertz CT molecular complexity index is 1130. The zero-order chi connectivity index (χ0) is 21.1. The van der Waals surface area contributed by atoms with Gasteiger partial charge in [-0.25, -0.2) is 8.42 Å². The highest BCUT2D eigenvalue weighted by atomic mass is 35.5. The largest absolute Gasteiger partial charge is 0.327 e. The first kappa shape index (κ1) is 23.5. The molecule has 1 aliphatic carbocycles. The van der Waals surface area contributed by atoms with Gasteiger partial charge in [0.2, 0.25) is 0 Å². The molecule has 0 heterocycles. The third-order valence-corrected chi connectivity index (χ3v) is 7.89. The Morgan fingerprint density at radius 1 is 0.935 bits per heavy atom. The second kappa shape index (κ2) is 9.99. The Hall–Kier alpha value is -2.14. The van der Waals surface area contributed by atoms with E-state index in [0.717, 1.165) is 30.4 Å². The molecular weight excluding hydrogens is 426 g/mol. The van der Waals surface area contributed by atoms with Crippen molar-refractivity contribution in [1.29, 1.82) is 0 Å². The predicted octanol–water partition coefficient (Wildman–Crippen LogP) is 5.03. The lowest BCUT2D eigenvalue weighted by Gasteiger charge is -2.32. The number of sulfone groups is 1. The fourth-order valence-corrected chi connectivity index (χ4v) is 5.83. The van der Waals surface area contributed by atoms with Gasteiger partial charge < -0.3 is 5.73 Å². The first-order chi connectivity index (χ1) is 14.4. The molecule has 4 rings (SSSR count). The minimum atomic E-state index is -3.30. The molecule has 0 bridgehead atoms. The number of hydrogen-bond acceptors (Lipinski definition) is 3. The van der Waals surface area contributed by atoms with Crippen molar-refractivity contribution < 1.29 is 8.42 Å². The van der Waals surface area contributed by atoms with Crippen LogP contribution in [-0.4, -0.2) is 20.2 Å². The summed E-state index contributed by atoms with van der Waals surface area (Å²) in [5, 5.41) is 0. The number of nitrogens with two attached hydrogens (primary N) is 1. The number of halogens is 1. The van der Waals surface area contributed by atoms with Crippen molar-refractivity contribution in [3.8, 4) is 0 Å². The predicted molar refractivity (Wildman–Crippen MR) is 130 cm³/mol. The summed E-state index contributed by atoms with van der Waals surface area (Å²) in [7, 11) is -3.30. The van der Waals surface area contributed by atoms with E-state index in [4.69, 9.17) is 5.73 Å². The number of aryl methyl sites for hydroxylation is 3. The second-order valence-corrected chi connectivity index (χ2v) is 10.5. The minimum absolute atomic E-state index is 0. The zero-order valence-electron chi connectivity index (χ0n) is 17.8. The Kier molecular flexibility index (Phi) is 7.58. The van der Waals surface area contributed by atoms with Gasteiger partial charge in [0, 0.05) is 12.0 Å². The fraction of sp³-hybridized carbons (Fsp3) is 0.308. The number of rotatable bonds is 6. The van der Waals surface area contributed by atoms with Crippen molar-refractivity contribution in [3.05, 3.63) is 101 Å². The molecule has 0 aliphatic heterocycles. The third kappa shape index (κ3) is 5.57. The average Bonchev–Trinajstić information content (AvgIpc) is 2.75. The Labute approximate surface area is 192 Å². The van der Waals surface area contributed by atoms with Crippen molar-refractivity contribution in [2.45, 2.75) is 49.5 Å². The normalized spacial score (nSPS) is 18.1. The quantitative estimate of drug-likeness (QED) is 0.566. The van der Waals surface area contributed by atoms with Gasteiger partial charge in [0.15, 0.2) is 9.84 Å². The van der Waals surface area contributed by atoms with Crippen LogP contribution in [0.15, 0.2) is 77.7 Å². The highest BCUT2D eigenvalue weighted by molar-refractivity contribution is 7.91. The Balaban J connectivity index is 0.00000272. The lowest BCUT2D eigenvalue weighted by Crippen LogP contribution is -2.34. The Morgan fingerprint density at radius 3 is 2.45 bits per heavy atom. The van der Waals surface area contributed by atoms with Gasteiger partial charge in [-0.3, -0.25) is 0 Å². The van der Waals surface area contributed by atoms with Gasteiger partial charge in [0.05, 0.1) is 10.6 Å². The molecule has 3 nitrogen and oxygen atoms in total. The molecule has 31 heavy (non-hydrogen) atoms. The van der Waals surface area contributed by atoms with Crippen LogP contribution in [-0.2, 0) is 29.1 Å². The smallest absolute Gasteiger partial charge is 0.178 e. The van der Waals surface area contributed by atoms with Gasteiger partial charge in [-0.1, -0.05) is 60.7 Å². The molecule has 0 saturated carbocycles. The first-order valence-electron chi connectivity index (χ1n) is 10.6.